The van der Waals surface area contributed by atoms with E-state index in [0.29, 0.717) is 5.56 Å². The van der Waals surface area contributed by atoms with Crippen LogP contribution in [0.3, 0.4) is 0 Å². The van der Waals surface area contributed by atoms with Gasteiger partial charge in [0.1, 0.15) is 22.7 Å². The Balaban J connectivity index is 2.08. The summed E-state index contributed by atoms with van der Waals surface area (Å²) in [7, 11) is -6.11. The second-order valence-electron chi connectivity index (χ2n) is 7.36. The third kappa shape index (κ3) is 7.12. The van der Waals surface area contributed by atoms with Crippen LogP contribution in [0.1, 0.15) is 0 Å². The Labute approximate surface area is 198 Å². The van der Waals surface area contributed by atoms with Crippen LogP contribution in [0.2, 0.25) is 0 Å². The van der Waals surface area contributed by atoms with E-state index in [2.05, 4.69) is 25.6 Å². The molecule has 0 bridgehead atoms. The topological polar surface area (TPSA) is 166 Å². The maximum atomic E-state index is 12.9. The summed E-state index contributed by atoms with van der Waals surface area (Å²) in [6.07, 6.45) is -3.55. The molecule has 0 aliphatic carbocycles. The monoisotopic (exact) mass is 534 g/mol. The Morgan fingerprint density at radius 3 is 2.34 bits per heavy atom. The van der Waals surface area contributed by atoms with Gasteiger partial charge in [0, 0.05) is 18.4 Å². The van der Waals surface area contributed by atoms with Crippen LogP contribution in [0.25, 0.3) is 22.3 Å². The number of sulfone groups is 1. The first-order chi connectivity index (χ1) is 16.2. The number of aromatic nitrogens is 3. The lowest BCUT2D eigenvalue weighted by Gasteiger charge is -2.14. The van der Waals surface area contributed by atoms with Crippen LogP contribution in [0.15, 0.2) is 35.2 Å². The van der Waals surface area contributed by atoms with Crippen LogP contribution >= 0.6 is 0 Å². The minimum atomic E-state index is -4.56. The number of nitrogens with one attached hydrogen (secondary N) is 2. The van der Waals surface area contributed by atoms with Crippen molar-refractivity contribution in [2.24, 2.45) is 5.14 Å². The fraction of sp³-hybridized carbons (Fsp3) is 0.316. The van der Waals surface area contributed by atoms with E-state index in [-0.39, 0.29) is 45.7 Å². The highest BCUT2D eigenvalue weighted by atomic mass is 32.2. The van der Waals surface area contributed by atoms with Crippen LogP contribution in [-0.4, -0.2) is 70.2 Å². The number of alkyl halides is 3. The number of anilines is 2. The highest BCUT2D eigenvalue weighted by Gasteiger charge is 2.27. The highest BCUT2D eigenvalue weighted by Crippen LogP contribution is 2.31. The third-order valence-electron chi connectivity index (χ3n) is 4.53. The van der Waals surface area contributed by atoms with E-state index in [0.717, 1.165) is 6.26 Å². The van der Waals surface area contributed by atoms with E-state index < -0.39 is 38.3 Å². The number of methoxy groups -OCH3 is 1. The van der Waals surface area contributed by atoms with Crippen molar-refractivity contribution in [1.29, 1.82) is 0 Å². The molecular formula is C19H21F3N6O5S2. The van der Waals surface area contributed by atoms with Crippen molar-refractivity contribution in [2.45, 2.75) is 11.1 Å². The molecule has 0 aliphatic heterocycles. The number of hydrogen-bond acceptors (Lipinski definition) is 10. The van der Waals surface area contributed by atoms with Gasteiger partial charge in [-0.2, -0.15) is 18.2 Å². The maximum Gasteiger partial charge on any atom is 0.405 e. The number of pyridine rings is 1. The number of halogens is 3. The van der Waals surface area contributed by atoms with Crippen molar-refractivity contribution in [2.75, 3.05) is 42.8 Å². The highest BCUT2D eigenvalue weighted by molar-refractivity contribution is 7.90. The molecule has 3 rings (SSSR count). The van der Waals surface area contributed by atoms with E-state index in [4.69, 9.17) is 9.88 Å². The molecule has 11 nitrogen and oxygen atoms in total. The second kappa shape index (κ2) is 9.79. The summed E-state index contributed by atoms with van der Waals surface area (Å²) in [4.78, 5) is 12.4. The minimum absolute atomic E-state index is 0.0135. The number of nitrogens with two attached hydrogens (primary N) is 1. The third-order valence-corrected chi connectivity index (χ3v) is 6.42. The standard InChI is InChI=1S/C19H21F3N6O5S2/c1-33-14-6-3-11(9-15(14)34(2,29)30)12-4-5-13-16(26-12)17(25-10-19(20,21)22)28-18(27-13)24-7-8-35(23,31)32/h3-6,9H,7-8,10H2,1-2H3,(H2,23,31,32)(H2,24,25,27,28). The van der Waals surface area contributed by atoms with Gasteiger partial charge in [-0.3, -0.25) is 0 Å². The molecule has 4 N–H and O–H groups in total. The molecule has 0 spiro atoms. The number of benzene rings is 1. The van der Waals surface area contributed by atoms with Crippen molar-refractivity contribution < 1.29 is 34.7 Å². The van der Waals surface area contributed by atoms with E-state index in [1.54, 1.807) is 6.07 Å². The van der Waals surface area contributed by atoms with Crippen LogP contribution in [0.5, 0.6) is 5.75 Å². The zero-order valence-corrected chi connectivity index (χ0v) is 20.1. The van der Waals surface area contributed by atoms with Crippen molar-refractivity contribution >= 4 is 42.7 Å². The van der Waals surface area contributed by atoms with Gasteiger partial charge in [-0.15, -0.1) is 0 Å². The summed E-state index contributed by atoms with van der Waals surface area (Å²) in [5.41, 5.74) is 0.757. The number of rotatable bonds is 9. The summed E-state index contributed by atoms with van der Waals surface area (Å²) >= 11 is 0. The molecule has 1 aromatic carbocycles. The van der Waals surface area contributed by atoms with E-state index in [1.807, 2.05) is 0 Å². The Hall–Kier alpha value is -3.24. The molecule has 2 heterocycles. The van der Waals surface area contributed by atoms with Crippen molar-refractivity contribution in [1.82, 2.24) is 15.0 Å². The molecular weight excluding hydrogens is 513 g/mol. The fourth-order valence-electron chi connectivity index (χ4n) is 2.99. The lowest BCUT2D eigenvalue weighted by Crippen LogP contribution is -2.24. The molecule has 0 amide bonds. The SMILES string of the molecule is COc1ccc(-c2ccc3nc(NCCS(N)(=O)=O)nc(NCC(F)(F)F)c3n2)cc1S(C)(=O)=O. The second-order valence-corrected chi connectivity index (χ2v) is 11.1. The molecule has 0 aliphatic rings. The summed E-state index contributed by atoms with van der Waals surface area (Å²) in [6, 6.07) is 7.30. The van der Waals surface area contributed by atoms with Gasteiger partial charge in [0.25, 0.3) is 0 Å². The number of sulfonamides is 1. The first-order valence-corrected chi connectivity index (χ1v) is 13.4. The van der Waals surface area contributed by atoms with Crippen molar-refractivity contribution in [3.05, 3.63) is 30.3 Å². The zero-order chi connectivity index (χ0) is 26.0. The molecule has 16 heteroatoms. The Morgan fingerprint density at radius 2 is 1.74 bits per heavy atom. The van der Waals surface area contributed by atoms with E-state index in [1.165, 1.54) is 31.4 Å². The number of fused-ring (bicyclic) bond motifs is 1. The normalized spacial score (nSPS) is 12.5. The van der Waals surface area contributed by atoms with Gasteiger partial charge in [-0.1, -0.05) is 0 Å². The lowest BCUT2D eigenvalue weighted by molar-refractivity contribution is -0.115. The first-order valence-electron chi connectivity index (χ1n) is 9.78. The number of nitrogens with zero attached hydrogens (tertiary/aromatic N) is 3. The molecule has 35 heavy (non-hydrogen) atoms. The van der Waals surface area contributed by atoms with Crippen molar-refractivity contribution in [3.63, 3.8) is 0 Å². The number of ether oxygens (including phenoxy) is 1. The average Bonchev–Trinajstić information content (AvgIpc) is 2.74. The van der Waals surface area contributed by atoms with Crippen LogP contribution in [-0.2, 0) is 19.9 Å². The quantitative estimate of drug-likeness (QED) is 0.368. The Kier molecular flexibility index (Phi) is 7.37. The summed E-state index contributed by atoms with van der Waals surface area (Å²) in [5.74, 6) is -0.715. The van der Waals surface area contributed by atoms with E-state index >= 15 is 0 Å². The maximum absolute atomic E-state index is 12.9. The smallest absolute Gasteiger partial charge is 0.405 e. The molecule has 0 saturated heterocycles. The van der Waals surface area contributed by atoms with Crippen LogP contribution in [0, 0.1) is 0 Å². The molecule has 0 saturated carbocycles. The molecule has 190 valence electrons. The average molecular weight is 535 g/mol. The molecule has 0 unspecified atom stereocenters. The van der Waals surface area contributed by atoms with E-state index in [9.17, 15) is 30.0 Å². The largest absolute Gasteiger partial charge is 0.495 e. The lowest BCUT2D eigenvalue weighted by atomic mass is 10.1. The zero-order valence-electron chi connectivity index (χ0n) is 18.4. The number of primary sulfonamides is 1. The summed E-state index contributed by atoms with van der Waals surface area (Å²) < 4.78 is 90.2. The summed E-state index contributed by atoms with van der Waals surface area (Å²) in [5, 5.41) is 9.71. The van der Waals surface area contributed by atoms with Gasteiger partial charge in [-0.05, 0) is 30.3 Å². The molecule has 0 fully saturated rings. The molecule has 0 atom stereocenters. The Bertz CT molecular complexity index is 1460. The van der Waals surface area contributed by atoms with Crippen molar-refractivity contribution in [3.8, 4) is 17.0 Å². The van der Waals surface area contributed by atoms with Gasteiger partial charge in [0.15, 0.2) is 15.7 Å². The minimum Gasteiger partial charge on any atom is -0.495 e. The van der Waals surface area contributed by atoms with Gasteiger partial charge in [0.05, 0.1) is 24.1 Å². The predicted octanol–water partition coefficient (Wildman–Crippen LogP) is 1.78. The van der Waals surface area contributed by atoms with Gasteiger partial charge in [-0.25, -0.2) is 31.9 Å². The molecule has 2 aromatic heterocycles. The number of hydrogen-bond donors (Lipinski definition) is 3. The molecule has 0 radical (unpaired) electrons. The first kappa shape index (κ1) is 26.4. The summed E-state index contributed by atoms with van der Waals surface area (Å²) in [6.45, 7) is -1.59. The van der Waals surface area contributed by atoms with Gasteiger partial charge < -0.3 is 15.4 Å². The van der Waals surface area contributed by atoms with Gasteiger partial charge >= 0.3 is 6.18 Å². The van der Waals surface area contributed by atoms with Crippen LogP contribution in [0.4, 0.5) is 24.9 Å². The molecule has 3 aromatic rings. The van der Waals surface area contributed by atoms with Gasteiger partial charge in [0.2, 0.25) is 16.0 Å². The fourth-order valence-corrected chi connectivity index (χ4v) is 4.24. The van der Waals surface area contributed by atoms with Crippen LogP contribution < -0.4 is 20.5 Å². The Morgan fingerprint density at radius 1 is 1.03 bits per heavy atom. The predicted molar refractivity (Wildman–Crippen MR) is 123 cm³/mol.